The maximum atomic E-state index is 12.9. The highest BCUT2D eigenvalue weighted by atomic mass is 16.8. The van der Waals surface area contributed by atoms with Crippen LogP contribution in [0, 0.1) is 0 Å². The first-order valence-corrected chi connectivity index (χ1v) is 10.2. The summed E-state index contributed by atoms with van der Waals surface area (Å²) in [6, 6.07) is 6.77. The zero-order valence-electron chi connectivity index (χ0n) is 17.3. The van der Waals surface area contributed by atoms with Crippen molar-refractivity contribution in [1.29, 1.82) is 0 Å². The quantitative estimate of drug-likeness (QED) is 0.599. The Hall–Kier alpha value is -3.41. The van der Waals surface area contributed by atoms with Crippen LogP contribution in [-0.2, 0) is 14.2 Å². The molecule has 6 rings (SSSR count). The molecular weight excluding hydrogens is 416 g/mol. The first kappa shape index (κ1) is 19.3. The summed E-state index contributed by atoms with van der Waals surface area (Å²) in [5, 5.41) is 0. The van der Waals surface area contributed by atoms with Gasteiger partial charge in [-0.1, -0.05) is 12.1 Å². The highest BCUT2D eigenvalue weighted by molar-refractivity contribution is 6.21. The number of aromatic nitrogens is 4. The molecule has 2 amide bonds. The van der Waals surface area contributed by atoms with Gasteiger partial charge in [0.2, 0.25) is 0 Å². The van der Waals surface area contributed by atoms with E-state index < -0.39 is 30.3 Å². The van der Waals surface area contributed by atoms with Crippen molar-refractivity contribution < 1.29 is 23.8 Å². The molecule has 0 saturated carbocycles. The van der Waals surface area contributed by atoms with E-state index >= 15 is 0 Å². The van der Waals surface area contributed by atoms with Crippen LogP contribution < -0.4 is 5.73 Å². The van der Waals surface area contributed by atoms with E-state index in [2.05, 4.69) is 15.0 Å². The molecule has 164 valence electrons. The van der Waals surface area contributed by atoms with Gasteiger partial charge in [0.25, 0.3) is 11.8 Å². The molecular formula is C21H20N6O5. The van der Waals surface area contributed by atoms with E-state index in [1.165, 1.54) is 11.2 Å². The van der Waals surface area contributed by atoms with Crippen molar-refractivity contribution in [1.82, 2.24) is 24.4 Å². The third-order valence-electron chi connectivity index (χ3n) is 6.03. The van der Waals surface area contributed by atoms with Gasteiger partial charge in [0, 0.05) is 0 Å². The van der Waals surface area contributed by atoms with Gasteiger partial charge < -0.3 is 19.9 Å². The fraction of sp³-hybridized carbons (Fsp3) is 0.381. The number of carbonyl (C=O) groups is 2. The Labute approximate surface area is 182 Å². The first-order valence-electron chi connectivity index (χ1n) is 10.2. The van der Waals surface area contributed by atoms with Gasteiger partial charge >= 0.3 is 0 Å². The standard InChI is InChI=1S/C21H20N6O5/c1-21(2)31-14-12(7-26-18(28)10-5-3-4-6-11(10)19(26)29)30-20(15(14)32-21)27-9-25-13-16(22)23-8-24-17(13)27/h3-6,8-9,12,14-15,20H,7H2,1-2H3,(H2,22,23,24)/t12?,14-,15?,20?/m1/s1. The Morgan fingerprint density at radius 2 is 1.72 bits per heavy atom. The van der Waals surface area contributed by atoms with Crippen molar-refractivity contribution in [3.63, 3.8) is 0 Å². The second-order valence-corrected chi connectivity index (χ2v) is 8.48. The molecule has 0 radical (unpaired) electrons. The second-order valence-electron chi connectivity index (χ2n) is 8.48. The van der Waals surface area contributed by atoms with E-state index in [0.717, 1.165) is 0 Å². The predicted octanol–water partition coefficient (Wildman–Crippen LogP) is 1.12. The minimum absolute atomic E-state index is 0.0349. The van der Waals surface area contributed by atoms with Crippen molar-refractivity contribution in [2.24, 2.45) is 0 Å². The maximum Gasteiger partial charge on any atom is 0.261 e. The zero-order valence-corrected chi connectivity index (χ0v) is 17.3. The highest BCUT2D eigenvalue weighted by Gasteiger charge is 2.57. The number of nitrogens with two attached hydrogens (primary N) is 1. The fourth-order valence-corrected chi connectivity index (χ4v) is 4.67. The number of nitrogen functional groups attached to an aromatic ring is 1. The van der Waals surface area contributed by atoms with Crippen molar-refractivity contribution in [3.8, 4) is 0 Å². The number of ether oxygens (including phenoxy) is 3. The Morgan fingerprint density at radius 3 is 2.44 bits per heavy atom. The molecule has 2 saturated heterocycles. The third-order valence-corrected chi connectivity index (χ3v) is 6.03. The normalized spacial score (nSPS) is 28.5. The summed E-state index contributed by atoms with van der Waals surface area (Å²) in [5.74, 6) is -1.29. The molecule has 4 atom stereocenters. The number of imidazole rings is 1. The number of hydrogen-bond acceptors (Lipinski definition) is 9. The monoisotopic (exact) mass is 436 g/mol. The molecule has 3 aliphatic rings. The van der Waals surface area contributed by atoms with E-state index in [4.69, 9.17) is 19.9 Å². The molecule has 0 aliphatic carbocycles. The fourth-order valence-electron chi connectivity index (χ4n) is 4.67. The summed E-state index contributed by atoms with van der Waals surface area (Å²) in [7, 11) is 0. The Bertz CT molecular complexity index is 1240. The molecule has 32 heavy (non-hydrogen) atoms. The molecule has 11 heteroatoms. The van der Waals surface area contributed by atoms with Gasteiger partial charge in [0.05, 0.1) is 24.0 Å². The van der Waals surface area contributed by atoms with Crippen LogP contribution in [0.3, 0.4) is 0 Å². The summed E-state index contributed by atoms with van der Waals surface area (Å²) < 4.78 is 20.3. The lowest BCUT2D eigenvalue weighted by Crippen LogP contribution is -2.42. The van der Waals surface area contributed by atoms with Gasteiger partial charge in [-0.2, -0.15) is 0 Å². The molecule has 3 aromatic rings. The number of rotatable bonds is 3. The van der Waals surface area contributed by atoms with Crippen molar-refractivity contribution in [2.45, 2.75) is 44.2 Å². The highest BCUT2D eigenvalue weighted by Crippen LogP contribution is 2.44. The van der Waals surface area contributed by atoms with Crippen LogP contribution in [0.4, 0.5) is 5.82 Å². The van der Waals surface area contributed by atoms with Gasteiger partial charge in [-0.3, -0.25) is 19.1 Å². The smallest absolute Gasteiger partial charge is 0.261 e. The van der Waals surface area contributed by atoms with E-state index in [9.17, 15) is 9.59 Å². The van der Waals surface area contributed by atoms with E-state index in [1.807, 2.05) is 13.8 Å². The SMILES string of the molecule is CC1(C)OC2C(n3cnc4c(N)ncnc43)OC(CN3C(=O)c4ccccc4C3=O)[C@H]2O1. The van der Waals surface area contributed by atoms with Crippen LogP contribution in [-0.4, -0.2) is 66.9 Å². The molecule has 2 fully saturated rings. The van der Waals surface area contributed by atoms with Crippen LogP contribution in [0.2, 0.25) is 0 Å². The number of imide groups is 1. The van der Waals surface area contributed by atoms with Crippen molar-refractivity contribution >= 4 is 28.8 Å². The topological polar surface area (TPSA) is 135 Å². The van der Waals surface area contributed by atoms with Crippen molar-refractivity contribution in [2.75, 3.05) is 12.3 Å². The summed E-state index contributed by atoms with van der Waals surface area (Å²) in [6.45, 7) is 3.66. The first-order chi connectivity index (χ1) is 15.3. The number of benzene rings is 1. The number of carbonyl (C=O) groups excluding carboxylic acids is 2. The molecule has 3 unspecified atom stereocenters. The van der Waals surface area contributed by atoms with Gasteiger partial charge in [-0.25, -0.2) is 15.0 Å². The Balaban J connectivity index is 1.34. The van der Waals surface area contributed by atoms with Crippen LogP contribution in [0.5, 0.6) is 0 Å². The van der Waals surface area contributed by atoms with E-state index in [1.54, 1.807) is 35.2 Å². The lowest BCUT2D eigenvalue weighted by Gasteiger charge is -2.26. The van der Waals surface area contributed by atoms with Crippen LogP contribution in [0.25, 0.3) is 11.2 Å². The van der Waals surface area contributed by atoms with Crippen LogP contribution >= 0.6 is 0 Å². The largest absolute Gasteiger partial charge is 0.382 e. The number of anilines is 1. The van der Waals surface area contributed by atoms with E-state index in [0.29, 0.717) is 22.3 Å². The maximum absolute atomic E-state index is 12.9. The number of hydrogen-bond donors (Lipinski definition) is 1. The zero-order chi connectivity index (χ0) is 22.2. The van der Waals surface area contributed by atoms with Crippen LogP contribution in [0.15, 0.2) is 36.9 Å². The van der Waals surface area contributed by atoms with Gasteiger partial charge in [-0.15, -0.1) is 0 Å². The predicted molar refractivity (Wildman–Crippen MR) is 109 cm³/mol. The lowest BCUT2D eigenvalue weighted by molar-refractivity contribution is -0.196. The molecule has 0 spiro atoms. The van der Waals surface area contributed by atoms with Gasteiger partial charge in [0.15, 0.2) is 23.5 Å². The molecule has 3 aliphatic heterocycles. The minimum atomic E-state index is -0.859. The molecule has 2 N–H and O–H groups in total. The second kappa shape index (κ2) is 6.55. The minimum Gasteiger partial charge on any atom is -0.382 e. The molecule has 0 bridgehead atoms. The summed E-state index contributed by atoms with van der Waals surface area (Å²) in [4.78, 5) is 39.5. The third kappa shape index (κ3) is 2.68. The Kier molecular flexibility index (Phi) is 3.95. The van der Waals surface area contributed by atoms with E-state index in [-0.39, 0.29) is 24.2 Å². The van der Waals surface area contributed by atoms with Crippen molar-refractivity contribution in [3.05, 3.63) is 48.0 Å². The summed E-state index contributed by atoms with van der Waals surface area (Å²) >= 11 is 0. The van der Waals surface area contributed by atoms with Crippen LogP contribution in [0.1, 0.15) is 40.8 Å². The van der Waals surface area contributed by atoms with Gasteiger partial charge in [0.1, 0.15) is 30.2 Å². The number of nitrogens with zero attached hydrogens (tertiary/aromatic N) is 5. The summed E-state index contributed by atoms with van der Waals surface area (Å²) in [5.41, 5.74) is 7.65. The van der Waals surface area contributed by atoms with Gasteiger partial charge in [-0.05, 0) is 26.0 Å². The number of amides is 2. The molecule has 1 aromatic carbocycles. The number of fused-ring (bicyclic) bond motifs is 3. The average Bonchev–Trinajstić information content (AvgIpc) is 3.47. The molecule has 11 nitrogen and oxygen atoms in total. The molecule has 5 heterocycles. The lowest BCUT2D eigenvalue weighted by atomic mass is 10.1. The molecule has 2 aromatic heterocycles. The Morgan fingerprint density at radius 1 is 1.03 bits per heavy atom. The summed E-state index contributed by atoms with van der Waals surface area (Å²) in [6.07, 6.45) is 0.673. The average molecular weight is 436 g/mol.